The zero-order chi connectivity index (χ0) is 24.0. The molecule has 3 aromatic rings. The zero-order valence-corrected chi connectivity index (χ0v) is 19.9. The van der Waals surface area contributed by atoms with E-state index in [1.807, 2.05) is 19.1 Å². The Balaban J connectivity index is 1.83. The number of amides is 1. The van der Waals surface area contributed by atoms with Gasteiger partial charge in [-0.05, 0) is 61.9 Å². The standard InChI is InChI=1S/C25H28N2O5S/c1-5-27(21-11-7-6-8-12-21)33(29,30)22-13-9-10-20(16-22)25(28)26-18(2)19-14-15-23(31-3)24(17-19)32-4/h6-18H,5H2,1-4H3,(H,26,28). The summed E-state index contributed by atoms with van der Waals surface area (Å²) in [6.45, 7) is 3.87. The number of methoxy groups -OCH3 is 2. The molecule has 8 heteroatoms. The molecule has 1 amide bonds. The van der Waals surface area contributed by atoms with Crippen molar-refractivity contribution in [1.82, 2.24) is 5.32 Å². The number of sulfonamides is 1. The third-order valence-electron chi connectivity index (χ3n) is 5.27. The van der Waals surface area contributed by atoms with Crippen LogP contribution in [0.25, 0.3) is 0 Å². The van der Waals surface area contributed by atoms with Gasteiger partial charge >= 0.3 is 0 Å². The number of hydrogen-bond acceptors (Lipinski definition) is 5. The van der Waals surface area contributed by atoms with Crippen molar-refractivity contribution in [2.24, 2.45) is 0 Å². The lowest BCUT2D eigenvalue weighted by molar-refractivity contribution is 0.0939. The predicted octanol–water partition coefficient (Wildman–Crippen LogP) is 4.41. The van der Waals surface area contributed by atoms with E-state index in [0.29, 0.717) is 17.2 Å². The van der Waals surface area contributed by atoms with Crippen molar-refractivity contribution in [2.45, 2.75) is 24.8 Å². The third-order valence-corrected chi connectivity index (χ3v) is 7.17. The first kappa shape index (κ1) is 24.1. The number of rotatable bonds is 9. The largest absolute Gasteiger partial charge is 0.493 e. The molecular formula is C25H28N2O5S. The van der Waals surface area contributed by atoms with Gasteiger partial charge in [0.25, 0.3) is 15.9 Å². The Morgan fingerprint density at radius 3 is 2.27 bits per heavy atom. The van der Waals surface area contributed by atoms with Crippen LogP contribution in [0.4, 0.5) is 5.69 Å². The van der Waals surface area contributed by atoms with E-state index in [9.17, 15) is 13.2 Å². The van der Waals surface area contributed by atoms with Gasteiger partial charge in [0.15, 0.2) is 11.5 Å². The first-order chi connectivity index (χ1) is 15.8. The molecule has 33 heavy (non-hydrogen) atoms. The SMILES string of the molecule is CCN(c1ccccc1)S(=O)(=O)c1cccc(C(=O)NC(C)c2ccc(OC)c(OC)c2)c1. The lowest BCUT2D eigenvalue weighted by atomic mass is 10.1. The number of carbonyl (C=O) groups is 1. The second-order valence-corrected chi connectivity index (χ2v) is 9.21. The van der Waals surface area contributed by atoms with Crippen LogP contribution in [0.5, 0.6) is 11.5 Å². The molecule has 0 heterocycles. The van der Waals surface area contributed by atoms with Gasteiger partial charge in [-0.3, -0.25) is 9.10 Å². The molecule has 0 aromatic heterocycles. The molecule has 0 aliphatic carbocycles. The van der Waals surface area contributed by atoms with Crippen LogP contribution in [0.15, 0.2) is 77.7 Å². The fraction of sp³-hybridized carbons (Fsp3) is 0.240. The van der Waals surface area contributed by atoms with Gasteiger partial charge in [0.2, 0.25) is 0 Å². The minimum absolute atomic E-state index is 0.0552. The summed E-state index contributed by atoms with van der Waals surface area (Å²) in [5.41, 5.74) is 1.65. The minimum Gasteiger partial charge on any atom is -0.493 e. The van der Waals surface area contributed by atoms with Crippen LogP contribution in [-0.4, -0.2) is 35.1 Å². The number of nitrogens with zero attached hydrogens (tertiary/aromatic N) is 1. The average molecular weight is 469 g/mol. The Morgan fingerprint density at radius 2 is 1.64 bits per heavy atom. The number of hydrogen-bond donors (Lipinski definition) is 1. The summed E-state index contributed by atoms with van der Waals surface area (Å²) >= 11 is 0. The molecule has 1 N–H and O–H groups in total. The van der Waals surface area contributed by atoms with Crippen molar-refractivity contribution >= 4 is 21.6 Å². The van der Waals surface area contributed by atoms with Gasteiger partial charge in [0, 0.05) is 12.1 Å². The fourth-order valence-electron chi connectivity index (χ4n) is 3.50. The van der Waals surface area contributed by atoms with E-state index in [-0.39, 0.29) is 29.0 Å². The molecule has 1 unspecified atom stereocenters. The summed E-state index contributed by atoms with van der Waals surface area (Å²) in [5.74, 6) is 0.776. The topological polar surface area (TPSA) is 84.9 Å². The number of benzene rings is 3. The Hall–Kier alpha value is -3.52. The van der Waals surface area contributed by atoms with Crippen LogP contribution in [0.3, 0.4) is 0 Å². The summed E-state index contributed by atoms with van der Waals surface area (Å²) in [7, 11) is -0.730. The van der Waals surface area contributed by atoms with E-state index in [2.05, 4.69) is 5.32 Å². The number of anilines is 1. The lowest BCUT2D eigenvalue weighted by Crippen LogP contribution is -2.31. The van der Waals surface area contributed by atoms with Gasteiger partial charge in [0.1, 0.15) is 0 Å². The monoisotopic (exact) mass is 468 g/mol. The molecule has 0 spiro atoms. The van der Waals surface area contributed by atoms with Crippen LogP contribution < -0.4 is 19.1 Å². The highest BCUT2D eigenvalue weighted by Crippen LogP contribution is 2.30. The molecule has 0 aliphatic rings. The maximum atomic E-state index is 13.3. The molecule has 3 rings (SSSR count). The van der Waals surface area contributed by atoms with Gasteiger partial charge < -0.3 is 14.8 Å². The second-order valence-electron chi connectivity index (χ2n) is 7.34. The Kier molecular flexibility index (Phi) is 7.60. The fourth-order valence-corrected chi connectivity index (χ4v) is 5.02. The summed E-state index contributed by atoms with van der Waals surface area (Å²) in [5, 5.41) is 2.91. The van der Waals surface area contributed by atoms with Crippen molar-refractivity contribution < 1.29 is 22.7 Å². The molecule has 1 atom stereocenters. The molecule has 0 radical (unpaired) electrons. The molecule has 174 valence electrons. The summed E-state index contributed by atoms with van der Waals surface area (Å²) in [4.78, 5) is 13.0. The van der Waals surface area contributed by atoms with E-state index >= 15 is 0 Å². The van der Waals surface area contributed by atoms with Crippen LogP contribution in [0.2, 0.25) is 0 Å². The van der Waals surface area contributed by atoms with Gasteiger partial charge in [-0.1, -0.05) is 30.3 Å². The van der Waals surface area contributed by atoms with Crippen LogP contribution in [-0.2, 0) is 10.0 Å². The lowest BCUT2D eigenvalue weighted by Gasteiger charge is -2.23. The third kappa shape index (κ3) is 5.28. The second kappa shape index (κ2) is 10.4. The minimum atomic E-state index is -3.83. The molecule has 0 aliphatic heterocycles. The van der Waals surface area contributed by atoms with Crippen molar-refractivity contribution in [3.63, 3.8) is 0 Å². The Labute approximate surface area is 195 Å². The van der Waals surface area contributed by atoms with Crippen LogP contribution >= 0.6 is 0 Å². The van der Waals surface area contributed by atoms with Gasteiger partial charge in [-0.25, -0.2) is 8.42 Å². The molecule has 0 bridgehead atoms. The Morgan fingerprint density at radius 1 is 0.939 bits per heavy atom. The molecule has 0 saturated carbocycles. The molecule has 0 saturated heterocycles. The van der Waals surface area contributed by atoms with Gasteiger partial charge in [-0.15, -0.1) is 0 Å². The van der Waals surface area contributed by atoms with Crippen LogP contribution in [0.1, 0.15) is 35.8 Å². The van der Waals surface area contributed by atoms with Crippen LogP contribution in [0, 0.1) is 0 Å². The summed E-state index contributed by atoms with van der Waals surface area (Å²) in [6.07, 6.45) is 0. The highest BCUT2D eigenvalue weighted by atomic mass is 32.2. The highest BCUT2D eigenvalue weighted by Gasteiger charge is 2.24. The Bertz CT molecular complexity index is 1210. The van der Waals surface area contributed by atoms with E-state index in [1.54, 1.807) is 69.7 Å². The molecule has 0 fully saturated rings. The van der Waals surface area contributed by atoms with Crippen molar-refractivity contribution in [3.8, 4) is 11.5 Å². The van der Waals surface area contributed by atoms with Crippen molar-refractivity contribution in [2.75, 3.05) is 25.1 Å². The smallest absolute Gasteiger partial charge is 0.264 e. The van der Waals surface area contributed by atoms with Crippen molar-refractivity contribution in [3.05, 3.63) is 83.9 Å². The average Bonchev–Trinajstić information content (AvgIpc) is 2.84. The van der Waals surface area contributed by atoms with Crippen molar-refractivity contribution in [1.29, 1.82) is 0 Å². The first-order valence-corrected chi connectivity index (χ1v) is 12.0. The van der Waals surface area contributed by atoms with E-state index in [4.69, 9.17) is 9.47 Å². The molecular weight excluding hydrogens is 440 g/mol. The number of nitrogens with one attached hydrogen (secondary N) is 1. The normalized spacial score (nSPS) is 12.0. The molecule has 7 nitrogen and oxygen atoms in total. The summed E-state index contributed by atoms with van der Waals surface area (Å²) in [6, 6.07) is 20.0. The van der Waals surface area contributed by atoms with E-state index < -0.39 is 10.0 Å². The molecule has 3 aromatic carbocycles. The number of para-hydroxylation sites is 1. The highest BCUT2D eigenvalue weighted by molar-refractivity contribution is 7.92. The van der Waals surface area contributed by atoms with Gasteiger partial charge in [-0.2, -0.15) is 0 Å². The number of ether oxygens (including phenoxy) is 2. The zero-order valence-electron chi connectivity index (χ0n) is 19.1. The summed E-state index contributed by atoms with van der Waals surface area (Å²) < 4.78 is 38.5. The van der Waals surface area contributed by atoms with E-state index in [0.717, 1.165) is 5.56 Å². The number of carbonyl (C=O) groups excluding carboxylic acids is 1. The maximum Gasteiger partial charge on any atom is 0.264 e. The quantitative estimate of drug-likeness (QED) is 0.503. The van der Waals surface area contributed by atoms with E-state index in [1.165, 1.54) is 16.4 Å². The van der Waals surface area contributed by atoms with Gasteiger partial charge in [0.05, 0.1) is 30.8 Å². The predicted molar refractivity (Wildman–Crippen MR) is 129 cm³/mol. The first-order valence-electron chi connectivity index (χ1n) is 10.5. The maximum absolute atomic E-state index is 13.3.